The summed E-state index contributed by atoms with van der Waals surface area (Å²) in [5, 5.41) is 5.90. The zero-order valence-electron chi connectivity index (χ0n) is 13.9. The third kappa shape index (κ3) is 3.44. The monoisotopic (exact) mass is 355 g/mol. The first-order valence-electron chi connectivity index (χ1n) is 7.74. The second-order valence-corrected chi connectivity index (χ2v) is 8.54. The minimum absolute atomic E-state index is 0.0812. The lowest BCUT2D eigenvalue weighted by molar-refractivity contribution is -0.129. The molecule has 0 saturated carbocycles. The predicted octanol–water partition coefficient (Wildman–Crippen LogP) is 0.422. The number of carbonyl (C=O) groups is 1. The molecular formula is C14H21N5O4S. The number of hydrogen-bond acceptors (Lipinski definition) is 7. The largest absolute Gasteiger partial charge is 0.472 e. The van der Waals surface area contributed by atoms with Crippen molar-refractivity contribution in [2.45, 2.75) is 38.3 Å². The van der Waals surface area contributed by atoms with Crippen LogP contribution in [-0.4, -0.2) is 59.6 Å². The highest BCUT2D eigenvalue weighted by Crippen LogP contribution is 2.32. The van der Waals surface area contributed by atoms with E-state index in [0.29, 0.717) is 43.4 Å². The van der Waals surface area contributed by atoms with E-state index in [1.807, 2.05) is 0 Å². The van der Waals surface area contributed by atoms with Gasteiger partial charge in [-0.05, 0) is 26.7 Å². The van der Waals surface area contributed by atoms with E-state index in [-0.39, 0.29) is 11.9 Å². The van der Waals surface area contributed by atoms with Gasteiger partial charge in [0.2, 0.25) is 16.0 Å². The summed E-state index contributed by atoms with van der Waals surface area (Å²) in [5.41, 5.74) is -0.955. The Hall–Kier alpha value is -1.94. The predicted molar refractivity (Wildman–Crippen MR) is 88.4 cm³/mol. The molecule has 3 heterocycles. The van der Waals surface area contributed by atoms with Gasteiger partial charge >= 0.3 is 0 Å². The van der Waals surface area contributed by atoms with E-state index in [0.717, 1.165) is 0 Å². The molecule has 3 rings (SSSR count). The van der Waals surface area contributed by atoms with Crippen molar-refractivity contribution in [1.29, 1.82) is 0 Å². The maximum Gasteiger partial charge on any atom is 0.269 e. The highest BCUT2D eigenvalue weighted by Gasteiger charge is 2.36. The van der Waals surface area contributed by atoms with Crippen LogP contribution in [0.3, 0.4) is 0 Å². The van der Waals surface area contributed by atoms with Gasteiger partial charge in [0.1, 0.15) is 0 Å². The van der Waals surface area contributed by atoms with Crippen LogP contribution < -0.4 is 15.4 Å². The molecular weight excluding hydrogens is 334 g/mol. The Morgan fingerprint density at radius 2 is 2.04 bits per heavy atom. The molecule has 2 aliphatic heterocycles. The van der Waals surface area contributed by atoms with Crippen molar-refractivity contribution in [2.24, 2.45) is 0 Å². The van der Waals surface area contributed by atoms with Crippen LogP contribution in [0.1, 0.15) is 26.7 Å². The van der Waals surface area contributed by atoms with Crippen molar-refractivity contribution in [3.63, 3.8) is 0 Å². The zero-order chi connectivity index (χ0) is 17.5. The SMILES string of the molecule is CC1(C)Oc2cnc(NC3CCN(S(C)(=O)=O)CC3)nc2NC1=O. The highest BCUT2D eigenvalue weighted by molar-refractivity contribution is 7.88. The van der Waals surface area contributed by atoms with Crippen LogP contribution >= 0.6 is 0 Å². The third-order valence-electron chi connectivity index (χ3n) is 4.16. The number of nitrogens with zero attached hydrogens (tertiary/aromatic N) is 3. The lowest BCUT2D eigenvalue weighted by atomic mass is 10.1. The van der Waals surface area contributed by atoms with Gasteiger partial charge in [0.05, 0.1) is 12.5 Å². The molecule has 2 N–H and O–H groups in total. The van der Waals surface area contributed by atoms with Crippen molar-refractivity contribution in [1.82, 2.24) is 14.3 Å². The first kappa shape index (κ1) is 16.9. The summed E-state index contributed by atoms with van der Waals surface area (Å²) in [7, 11) is -3.14. The fourth-order valence-electron chi connectivity index (χ4n) is 2.70. The molecule has 9 nitrogen and oxygen atoms in total. The first-order chi connectivity index (χ1) is 11.1. The Balaban J connectivity index is 1.66. The second-order valence-electron chi connectivity index (χ2n) is 6.55. The smallest absolute Gasteiger partial charge is 0.269 e. The summed E-state index contributed by atoms with van der Waals surface area (Å²) in [5.74, 6) is 0.888. The molecule has 0 bridgehead atoms. The number of nitrogens with one attached hydrogen (secondary N) is 2. The number of ether oxygens (including phenoxy) is 1. The number of rotatable bonds is 3. The number of piperidine rings is 1. The van der Waals surface area contributed by atoms with E-state index in [4.69, 9.17) is 4.74 Å². The quantitative estimate of drug-likeness (QED) is 0.808. The second kappa shape index (κ2) is 5.85. The van der Waals surface area contributed by atoms with E-state index in [1.165, 1.54) is 16.8 Å². The molecule has 0 aliphatic carbocycles. The van der Waals surface area contributed by atoms with Crippen molar-refractivity contribution >= 4 is 27.7 Å². The summed E-state index contributed by atoms with van der Waals surface area (Å²) < 4.78 is 30.1. The molecule has 0 aromatic carbocycles. The fraction of sp³-hybridized carbons (Fsp3) is 0.643. The normalized spacial score (nSPS) is 21.5. The Labute approximate surface area is 140 Å². The van der Waals surface area contributed by atoms with Crippen LogP contribution in [0.5, 0.6) is 5.75 Å². The van der Waals surface area contributed by atoms with Gasteiger partial charge in [0.15, 0.2) is 17.2 Å². The number of hydrogen-bond donors (Lipinski definition) is 2. The Morgan fingerprint density at radius 1 is 1.38 bits per heavy atom. The van der Waals surface area contributed by atoms with Gasteiger partial charge in [0.25, 0.3) is 5.91 Å². The average Bonchev–Trinajstić information content (AvgIpc) is 2.48. The molecule has 0 radical (unpaired) electrons. The summed E-state index contributed by atoms with van der Waals surface area (Å²) in [6.45, 7) is 4.28. The van der Waals surface area contributed by atoms with Gasteiger partial charge in [-0.15, -0.1) is 0 Å². The van der Waals surface area contributed by atoms with E-state index in [2.05, 4.69) is 20.6 Å². The van der Waals surface area contributed by atoms with Gasteiger partial charge in [-0.2, -0.15) is 4.98 Å². The molecule has 2 aliphatic rings. The van der Waals surface area contributed by atoms with Gasteiger partial charge in [-0.3, -0.25) is 4.79 Å². The number of sulfonamides is 1. The molecule has 0 unspecified atom stereocenters. The van der Waals surface area contributed by atoms with Crippen molar-refractivity contribution in [3.8, 4) is 5.75 Å². The topological polar surface area (TPSA) is 114 Å². The van der Waals surface area contributed by atoms with Crippen molar-refractivity contribution < 1.29 is 17.9 Å². The standard InChI is InChI=1S/C14H21N5O4S/c1-14(2)12(20)17-11-10(23-14)8-15-13(18-11)16-9-4-6-19(7-5-9)24(3,21)22/h8-9H,4-7H2,1-3H3,(H2,15,16,17,18,20). The van der Waals surface area contributed by atoms with Crippen LogP contribution in [0.2, 0.25) is 0 Å². The van der Waals surface area contributed by atoms with Crippen LogP contribution in [0, 0.1) is 0 Å². The molecule has 0 spiro atoms. The van der Waals surface area contributed by atoms with Gasteiger partial charge in [-0.1, -0.05) is 0 Å². The minimum Gasteiger partial charge on any atom is -0.472 e. The first-order valence-corrected chi connectivity index (χ1v) is 9.59. The Morgan fingerprint density at radius 3 is 2.67 bits per heavy atom. The van der Waals surface area contributed by atoms with Crippen LogP contribution in [-0.2, 0) is 14.8 Å². The van der Waals surface area contributed by atoms with E-state index in [1.54, 1.807) is 13.8 Å². The number of aromatic nitrogens is 2. The summed E-state index contributed by atoms with van der Waals surface area (Å²) >= 11 is 0. The summed E-state index contributed by atoms with van der Waals surface area (Å²) in [6, 6.07) is 0.0812. The van der Waals surface area contributed by atoms with Crippen LogP contribution in [0.4, 0.5) is 11.8 Å². The van der Waals surface area contributed by atoms with E-state index < -0.39 is 15.6 Å². The number of carbonyl (C=O) groups excluding carboxylic acids is 1. The molecule has 1 aromatic heterocycles. The molecule has 1 aromatic rings. The van der Waals surface area contributed by atoms with Crippen LogP contribution in [0.15, 0.2) is 6.20 Å². The third-order valence-corrected chi connectivity index (χ3v) is 5.46. The molecule has 10 heteroatoms. The molecule has 24 heavy (non-hydrogen) atoms. The molecule has 132 valence electrons. The van der Waals surface area contributed by atoms with Gasteiger partial charge in [-0.25, -0.2) is 17.7 Å². The van der Waals surface area contributed by atoms with Crippen molar-refractivity contribution in [3.05, 3.63) is 6.20 Å². The summed E-state index contributed by atoms with van der Waals surface area (Å²) in [6.07, 6.45) is 4.09. The average molecular weight is 355 g/mol. The summed E-state index contributed by atoms with van der Waals surface area (Å²) in [4.78, 5) is 20.4. The Kier molecular flexibility index (Phi) is 4.12. The maximum atomic E-state index is 11.9. The fourth-order valence-corrected chi connectivity index (χ4v) is 3.57. The van der Waals surface area contributed by atoms with E-state index >= 15 is 0 Å². The number of anilines is 2. The Bertz CT molecular complexity index is 756. The molecule has 1 fully saturated rings. The number of amides is 1. The molecule has 1 amide bonds. The van der Waals surface area contributed by atoms with Gasteiger partial charge in [0, 0.05) is 19.1 Å². The number of fused-ring (bicyclic) bond motifs is 1. The molecule has 1 saturated heterocycles. The maximum absolute atomic E-state index is 11.9. The molecule has 0 atom stereocenters. The van der Waals surface area contributed by atoms with Crippen molar-refractivity contribution in [2.75, 3.05) is 30.0 Å². The lowest BCUT2D eigenvalue weighted by Crippen LogP contribution is -2.46. The van der Waals surface area contributed by atoms with Gasteiger partial charge < -0.3 is 15.4 Å². The van der Waals surface area contributed by atoms with E-state index in [9.17, 15) is 13.2 Å². The highest BCUT2D eigenvalue weighted by atomic mass is 32.2. The van der Waals surface area contributed by atoms with Crippen LogP contribution in [0.25, 0.3) is 0 Å². The minimum atomic E-state index is -3.14. The lowest BCUT2D eigenvalue weighted by Gasteiger charge is -2.32. The zero-order valence-corrected chi connectivity index (χ0v) is 14.7.